The molecule has 1 aliphatic rings. The Morgan fingerprint density at radius 3 is 2.81 bits per heavy atom. The monoisotopic (exact) mass is 415 g/mol. The molecule has 156 valence electrons. The quantitative estimate of drug-likeness (QED) is 0.483. The first-order valence-corrected chi connectivity index (χ1v) is 10.1. The Kier molecular flexibility index (Phi) is 4.71. The van der Waals surface area contributed by atoms with Crippen molar-refractivity contribution in [1.29, 1.82) is 0 Å². The third-order valence-electron chi connectivity index (χ3n) is 5.41. The molecule has 1 aliphatic heterocycles. The maximum Gasteiger partial charge on any atom is 0.273 e. The number of phenols is 1. The van der Waals surface area contributed by atoms with Crippen LogP contribution in [0.4, 0.5) is 0 Å². The van der Waals surface area contributed by atoms with E-state index in [1.807, 2.05) is 43.3 Å². The van der Waals surface area contributed by atoms with Gasteiger partial charge in [0.1, 0.15) is 28.6 Å². The van der Waals surface area contributed by atoms with Crippen molar-refractivity contribution in [1.82, 2.24) is 15.1 Å². The lowest BCUT2D eigenvalue weighted by molar-refractivity contribution is 0.0716. The van der Waals surface area contributed by atoms with E-state index in [4.69, 9.17) is 9.15 Å². The number of phenolic OH excluding ortho intramolecular Hbond substituents is 1. The maximum absolute atomic E-state index is 13.4. The van der Waals surface area contributed by atoms with Crippen LogP contribution in [0.25, 0.3) is 11.3 Å². The van der Waals surface area contributed by atoms with Gasteiger partial charge < -0.3 is 19.2 Å². The number of para-hydroxylation sites is 1. The summed E-state index contributed by atoms with van der Waals surface area (Å²) in [6, 6.07) is 17.9. The van der Waals surface area contributed by atoms with Crippen LogP contribution in [0.15, 0.2) is 71.3 Å². The number of aromatic nitrogens is 2. The standard InChI is InChI=1S/C24H21N3O4/c1-2-30-16-8-5-7-15(13-16)23-20-21(18-10-3-4-11-19(18)28)25-26-22(20)24(29)27(23)14-17-9-6-12-31-17/h3-13,23,28H,2,14H2,1H3,(H,25,26)/t23-/m1/s1. The number of hydrogen-bond acceptors (Lipinski definition) is 5. The van der Waals surface area contributed by atoms with Gasteiger partial charge in [0.25, 0.3) is 5.91 Å². The minimum absolute atomic E-state index is 0.107. The minimum atomic E-state index is -0.415. The number of aromatic amines is 1. The van der Waals surface area contributed by atoms with Gasteiger partial charge in [-0.05, 0) is 48.9 Å². The molecule has 0 unspecified atom stereocenters. The van der Waals surface area contributed by atoms with E-state index >= 15 is 0 Å². The molecular weight excluding hydrogens is 394 g/mol. The number of H-pyrrole nitrogens is 1. The summed E-state index contributed by atoms with van der Waals surface area (Å²) in [7, 11) is 0. The molecular formula is C24H21N3O4. The van der Waals surface area contributed by atoms with Crippen LogP contribution in [0.1, 0.15) is 40.3 Å². The van der Waals surface area contributed by atoms with E-state index < -0.39 is 6.04 Å². The van der Waals surface area contributed by atoms with Gasteiger partial charge in [0.05, 0.1) is 25.5 Å². The van der Waals surface area contributed by atoms with E-state index in [9.17, 15) is 9.90 Å². The summed E-state index contributed by atoms with van der Waals surface area (Å²) in [5.41, 5.74) is 3.15. The molecule has 0 fully saturated rings. The fraction of sp³-hybridized carbons (Fsp3) is 0.167. The number of rotatable bonds is 6. The van der Waals surface area contributed by atoms with E-state index in [-0.39, 0.29) is 11.7 Å². The van der Waals surface area contributed by atoms with Gasteiger partial charge in [-0.2, -0.15) is 5.10 Å². The highest BCUT2D eigenvalue weighted by molar-refractivity contribution is 6.00. The van der Waals surface area contributed by atoms with Crippen LogP contribution in [-0.2, 0) is 6.54 Å². The molecule has 2 aromatic heterocycles. The van der Waals surface area contributed by atoms with E-state index in [1.54, 1.807) is 35.4 Å². The van der Waals surface area contributed by atoms with Crippen LogP contribution in [-0.4, -0.2) is 32.7 Å². The Hall–Kier alpha value is -4.00. The van der Waals surface area contributed by atoms with Crippen molar-refractivity contribution in [2.24, 2.45) is 0 Å². The second kappa shape index (κ2) is 7.68. The Bertz CT molecular complexity index is 1230. The summed E-state index contributed by atoms with van der Waals surface area (Å²) in [4.78, 5) is 15.1. The van der Waals surface area contributed by atoms with Crippen molar-refractivity contribution >= 4 is 5.91 Å². The zero-order chi connectivity index (χ0) is 21.4. The van der Waals surface area contributed by atoms with Crippen LogP contribution in [0.2, 0.25) is 0 Å². The topological polar surface area (TPSA) is 91.6 Å². The van der Waals surface area contributed by atoms with Crippen LogP contribution in [0.5, 0.6) is 11.5 Å². The van der Waals surface area contributed by atoms with Crippen molar-refractivity contribution < 1.29 is 19.1 Å². The van der Waals surface area contributed by atoms with Crippen LogP contribution in [0.3, 0.4) is 0 Å². The van der Waals surface area contributed by atoms with E-state index in [0.717, 1.165) is 16.9 Å². The first-order valence-electron chi connectivity index (χ1n) is 10.1. The molecule has 3 heterocycles. The van der Waals surface area contributed by atoms with E-state index in [2.05, 4.69) is 10.2 Å². The molecule has 7 nitrogen and oxygen atoms in total. The molecule has 0 bridgehead atoms. The molecule has 5 rings (SSSR count). The Morgan fingerprint density at radius 2 is 2.03 bits per heavy atom. The molecule has 4 aromatic rings. The van der Waals surface area contributed by atoms with Crippen molar-refractivity contribution in [3.05, 3.63) is 89.5 Å². The number of fused-ring (bicyclic) bond motifs is 1. The van der Waals surface area contributed by atoms with Crippen molar-refractivity contribution in [3.63, 3.8) is 0 Å². The summed E-state index contributed by atoms with van der Waals surface area (Å²) in [6.45, 7) is 2.78. The van der Waals surface area contributed by atoms with Gasteiger partial charge in [-0.3, -0.25) is 9.89 Å². The molecule has 1 atom stereocenters. The van der Waals surface area contributed by atoms with E-state index in [1.165, 1.54) is 0 Å². The minimum Gasteiger partial charge on any atom is -0.507 e. The fourth-order valence-corrected chi connectivity index (χ4v) is 4.10. The predicted molar refractivity (Wildman–Crippen MR) is 114 cm³/mol. The highest BCUT2D eigenvalue weighted by atomic mass is 16.5. The molecule has 2 N–H and O–H groups in total. The van der Waals surface area contributed by atoms with Crippen molar-refractivity contribution in [3.8, 4) is 22.8 Å². The maximum atomic E-state index is 13.4. The molecule has 7 heteroatoms. The zero-order valence-corrected chi connectivity index (χ0v) is 16.9. The largest absolute Gasteiger partial charge is 0.507 e. The Labute approximate surface area is 178 Å². The van der Waals surface area contributed by atoms with Crippen LogP contribution >= 0.6 is 0 Å². The molecule has 0 saturated heterocycles. The number of nitrogens with zero attached hydrogens (tertiary/aromatic N) is 2. The third-order valence-corrected chi connectivity index (χ3v) is 5.41. The lowest BCUT2D eigenvalue weighted by atomic mass is 9.95. The van der Waals surface area contributed by atoms with Crippen LogP contribution in [0, 0.1) is 0 Å². The van der Waals surface area contributed by atoms with Crippen molar-refractivity contribution in [2.45, 2.75) is 19.5 Å². The molecule has 0 spiro atoms. The second-order valence-corrected chi connectivity index (χ2v) is 7.30. The van der Waals surface area contributed by atoms with Gasteiger partial charge in [0.2, 0.25) is 0 Å². The molecule has 1 amide bonds. The number of benzene rings is 2. The van der Waals surface area contributed by atoms with Gasteiger partial charge in [-0.25, -0.2) is 0 Å². The highest BCUT2D eigenvalue weighted by Gasteiger charge is 2.43. The van der Waals surface area contributed by atoms with Crippen molar-refractivity contribution in [2.75, 3.05) is 6.61 Å². The third kappa shape index (κ3) is 3.24. The number of nitrogens with one attached hydrogen (secondary N) is 1. The number of carbonyl (C=O) groups excluding carboxylic acids is 1. The van der Waals surface area contributed by atoms with Gasteiger partial charge >= 0.3 is 0 Å². The lowest BCUT2D eigenvalue weighted by Crippen LogP contribution is -2.29. The number of hydrogen-bond donors (Lipinski definition) is 2. The number of carbonyl (C=O) groups is 1. The van der Waals surface area contributed by atoms with Gasteiger partial charge in [-0.1, -0.05) is 24.3 Å². The smallest absolute Gasteiger partial charge is 0.273 e. The second-order valence-electron chi connectivity index (χ2n) is 7.30. The molecule has 2 aromatic carbocycles. The summed E-state index contributed by atoms with van der Waals surface area (Å²) >= 11 is 0. The normalized spacial score (nSPS) is 15.3. The summed E-state index contributed by atoms with van der Waals surface area (Å²) in [5, 5.41) is 17.7. The first-order chi connectivity index (χ1) is 15.2. The SMILES string of the molecule is CCOc1cccc([C@@H]2c3c(-c4ccccc4O)n[nH]c3C(=O)N2Cc2ccco2)c1. The Balaban J connectivity index is 1.67. The number of furan rings is 1. The fourth-order valence-electron chi connectivity index (χ4n) is 4.10. The zero-order valence-electron chi connectivity index (χ0n) is 16.9. The number of aromatic hydroxyl groups is 1. The summed E-state index contributed by atoms with van der Waals surface area (Å²) < 4.78 is 11.2. The first kappa shape index (κ1) is 19.0. The average Bonchev–Trinajstić information content (AvgIpc) is 3.49. The van der Waals surface area contributed by atoms with E-state index in [0.29, 0.717) is 35.9 Å². The molecule has 0 saturated carbocycles. The lowest BCUT2D eigenvalue weighted by Gasteiger charge is -2.26. The Morgan fingerprint density at radius 1 is 1.16 bits per heavy atom. The number of ether oxygens (including phenoxy) is 1. The highest BCUT2D eigenvalue weighted by Crippen LogP contribution is 2.45. The van der Waals surface area contributed by atoms with Crippen LogP contribution < -0.4 is 4.74 Å². The number of amides is 1. The molecule has 0 aliphatic carbocycles. The average molecular weight is 415 g/mol. The van der Waals surface area contributed by atoms with Gasteiger partial charge in [0, 0.05) is 11.1 Å². The summed E-state index contributed by atoms with van der Waals surface area (Å²) in [5.74, 6) is 1.34. The van der Waals surface area contributed by atoms with Gasteiger partial charge in [0.15, 0.2) is 0 Å². The summed E-state index contributed by atoms with van der Waals surface area (Å²) in [6.07, 6.45) is 1.59. The molecule has 0 radical (unpaired) electrons. The predicted octanol–water partition coefficient (Wildman–Crippen LogP) is 4.52. The van der Waals surface area contributed by atoms with Gasteiger partial charge in [-0.15, -0.1) is 0 Å². The molecule has 31 heavy (non-hydrogen) atoms.